The fourth-order valence-corrected chi connectivity index (χ4v) is 3.23. The van der Waals surface area contributed by atoms with E-state index >= 15 is 0 Å². The summed E-state index contributed by atoms with van der Waals surface area (Å²) in [6.07, 6.45) is 1.39. The Morgan fingerprint density at radius 2 is 2.08 bits per heavy atom. The normalized spacial score (nSPS) is 19.9. The summed E-state index contributed by atoms with van der Waals surface area (Å²) in [4.78, 5) is 47.6. The molecule has 9 heteroatoms. The largest absolute Gasteiger partial charge is 0.467 e. The fraction of sp³-hybridized carbons (Fsp3) is 0.353. The van der Waals surface area contributed by atoms with Crippen molar-refractivity contribution >= 4 is 28.6 Å². The first-order chi connectivity index (χ1) is 12.6. The van der Waals surface area contributed by atoms with Crippen molar-refractivity contribution in [2.75, 3.05) is 32.8 Å². The summed E-state index contributed by atoms with van der Waals surface area (Å²) in [6, 6.07) is 6.74. The Kier molecular flexibility index (Phi) is 4.11. The first-order valence-electron chi connectivity index (χ1n) is 8.31. The number of hydrogen-bond donors (Lipinski definition) is 1. The number of aromatic nitrogens is 2. The van der Waals surface area contributed by atoms with Crippen LogP contribution in [0, 0.1) is 0 Å². The van der Waals surface area contributed by atoms with Gasteiger partial charge in [0.2, 0.25) is 17.7 Å². The van der Waals surface area contributed by atoms with E-state index in [9.17, 15) is 14.4 Å². The van der Waals surface area contributed by atoms with E-state index in [1.165, 1.54) is 11.2 Å². The minimum Gasteiger partial charge on any atom is -0.467 e. The topological polar surface area (TPSA) is 105 Å². The minimum atomic E-state index is -0.631. The zero-order valence-electron chi connectivity index (χ0n) is 13.9. The standard InChI is InChI=1S/C17H17N5O4/c23-14-7-18-16(25)13-8-21(5-6-22(13)14)15(24)9-26-17-11-3-1-2-4-12(11)19-10-20-17/h1-4,10,13H,5-9H2,(H,18,25). The van der Waals surface area contributed by atoms with E-state index in [-0.39, 0.29) is 37.4 Å². The Morgan fingerprint density at radius 3 is 2.96 bits per heavy atom. The Morgan fingerprint density at radius 1 is 1.23 bits per heavy atom. The number of piperazine rings is 2. The van der Waals surface area contributed by atoms with Crippen molar-refractivity contribution in [3.63, 3.8) is 0 Å². The van der Waals surface area contributed by atoms with E-state index in [4.69, 9.17) is 4.74 Å². The van der Waals surface area contributed by atoms with E-state index in [1.807, 2.05) is 24.3 Å². The third-order valence-electron chi connectivity index (χ3n) is 4.61. The van der Waals surface area contributed by atoms with Gasteiger partial charge in [-0.3, -0.25) is 14.4 Å². The molecule has 1 unspecified atom stereocenters. The maximum Gasteiger partial charge on any atom is 0.260 e. The summed E-state index contributed by atoms with van der Waals surface area (Å²) in [5.41, 5.74) is 0.732. The van der Waals surface area contributed by atoms with Gasteiger partial charge in [0, 0.05) is 13.1 Å². The van der Waals surface area contributed by atoms with E-state index in [0.29, 0.717) is 19.0 Å². The molecule has 1 aromatic heterocycles. The second kappa shape index (κ2) is 6.58. The summed E-state index contributed by atoms with van der Waals surface area (Å²) in [6.45, 7) is 0.724. The van der Waals surface area contributed by atoms with Gasteiger partial charge in [-0.05, 0) is 12.1 Å². The van der Waals surface area contributed by atoms with Gasteiger partial charge in [-0.2, -0.15) is 0 Å². The molecule has 1 N–H and O–H groups in total. The molecule has 2 aliphatic rings. The number of hydrogen-bond acceptors (Lipinski definition) is 6. The molecule has 1 atom stereocenters. The minimum absolute atomic E-state index is 0.0210. The van der Waals surface area contributed by atoms with Crippen LogP contribution < -0.4 is 10.1 Å². The summed E-state index contributed by atoms with van der Waals surface area (Å²) in [5, 5.41) is 3.28. The monoisotopic (exact) mass is 355 g/mol. The molecule has 134 valence electrons. The van der Waals surface area contributed by atoms with Crippen LogP contribution in [-0.4, -0.2) is 76.3 Å². The summed E-state index contributed by atoms with van der Waals surface area (Å²) < 4.78 is 5.59. The lowest BCUT2D eigenvalue weighted by Gasteiger charge is -2.42. The zero-order valence-corrected chi connectivity index (χ0v) is 13.9. The molecule has 2 aliphatic heterocycles. The lowest BCUT2D eigenvalue weighted by atomic mass is 10.1. The van der Waals surface area contributed by atoms with Crippen molar-refractivity contribution in [3.8, 4) is 5.88 Å². The van der Waals surface area contributed by atoms with Gasteiger partial charge >= 0.3 is 0 Å². The van der Waals surface area contributed by atoms with Crippen LogP contribution in [0.3, 0.4) is 0 Å². The van der Waals surface area contributed by atoms with Crippen LogP contribution in [0.15, 0.2) is 30.6 Å². The highest BCUT2D eigenvalue weighted by Crippen LogP contribution is 2.21. The first-order valence-corrected chi connectivity index (χ1v) is 8.31. The van der Waals surface area contributed by atoms with Crippen LogP contribution in [-0.2, 0) is 14.4 Å². The number of carbonyl (C=O) groups is 3. The highest BCUT2D eigenvalue weighted by Gasteiger charge is 2.39. The van der Waals surface area contributed by atoms with Gasteiger partial charge in [-0.15, -0.1) is 0 Å². The highest BCUT2D eigenvalue weighted by atomic mass is 16.5. The summed E-state index contributed by atoms with van der Waals surface area (Å²) in [7, 11) is 0. The quantitative estimate of drug-likeness (QED) is 0.771. The number of rotatable bonds is 3. The second-order valence-corrected chi connectivity index (χ2v) is 6.15. The molecular formula is C17H17N5O4. The van der Waals surface area contributed by atoms with Gasteiger partial charge in [-0.1, -0.05) is 12.1 Å². The average Bonchev–Trinajstić information content (AvgIpc) is 2.68. The van der Waals surface area contributed by atoms with Gasteiger partial charge in [0.05, 0.1) is 24.0 Å². The predicted octanol–water partition coefficient (Wildman–Crippen LogP) is -0.822. The third-order valence-corrected chi connectivity index (χ3v) is 4.61. The highest BCUT2D eigenvalue weighted by molar-refractivity contribution is 5.95. The number of para-hydroxylation sites is 1. The summed E-state index contributed by atoms with van der Waals surface area (Å²) in [5.74, 6) is -0.262. The average molecular weight is 355 g/mol. The number of nitrogens with zero attached hydrogens (tertiary/aromatic N) is 4. The maximum atomic E-state index is 12.5. The van der Waals surface area contributed by atoms with Crippen LogP contribution >= 0.6 is 0 Å². The van der Waals surface area contributed by atoms with Crippen LogP contribution in [0.2, 0.25) is 0 Å². The number of carbonyl (C=O) groups excluding carboxylic acids is 3. The number of nitrogens with one attached hydrogen (secondary N) is 1. The van der Waals surface area contributed by atoms with E-state index in [1.54, 1.807) is 4.90 Å². The molecule has 0 spiro atoms. The molecule has 0 aliphatic carbocycles. The van der Waals surface area contributed by atoms with Crippen molar-refractivity contribution in [2.45, 2.75) is 6.04 Å². The number of ether oxygens (including phenoxy) is 1. The SMILES string of the molecule is O=C1NCC(=O)N2CCN(C(=O)COc3ncnc4ccccc34)CC12. The van der Waals surface area contributed by atoms with Crippen molar-refractivity contribution < 1.29 is 19.1 Å². The maximum absolute atomic E-state index is 12.5. The molecule has 0 saturated carbocycles. The number of fused-ring (bicyclic) bond motifs is 2. The number of amides is 3. The lowest BCUT2D eigenvalue weighted by Crippen LogP contribution is -2.66. The van der Waals surface area contributed by atoms with Crippen LogP contribution in [0.25, 0.3) is 10.9 Å². The molecule has 3 amide bonds. The van der Waals surface area contributed by atoms with Crippen molar-refractivity contribution in [2.24, 2.45) is 0 Å². The molecule has 4 rings (SSSR count). The third kappa shape index (κ3) is 2.92. The van der Waals surface area contributed by atoms with E-state index in [2.05, 4.69) is 15.3 Å². The van der Waals surface area contributed by atoms with Crippen LogP contribution in [0.1, 0.15) is 0 Å². The fourth-order valence-electron chi connectivity index (χ4n) is 3.23. The number of benzene rings is 1. The van der Waals surface area contributed by atoms with Gasteiger partial charge < -0.3 is 19.9 Å². The van der Waals surface area contributed by atoms with Gasteiger partial charge in [0.25, 0.3) is 5.91 Å². The first kappa shape index (κ1) is 16.2. The molecule has 0 bridgehead atoms. The molecular weight excluding hydrogens is 338 g/mol. The molecule has 26 heavy (non-hydrogen) atoms. The van der Waals surface area contributed by atoms with Gasteiger partial charge in [-0.25, -0.2) is 9.97 Å². The van der Waals surface area contributed by atoms with Crippen molar-refractivity contribution in [3.05, 3.63) is 30.6 Å². The van der Waals surface area contributed by atoms with Crippen LogP contribution in [0.4, 0.5) is 0 Å². The summed E-state index contributed by atoms with van der Waals surface area (Å²) >= 11 is 0. The van der Waals surface area contributed by atoms with Crippen molar-refractivity contribution in [1.82, 2.24) is 25.1 Å². The lowest BCUT2D eigenvalue weighted by molar-refractivity contribution is -0.153. The molecule has 2 saturated heterocycles. The molecule has 3 heterocycles. The van der Waals surface area contributed by atoms with Crippen molar-refractivity contribution in [1.29, 1.82) is 0 Å². The Balaban J connectivity index is 1.42. The van der Waals surface area contributed by atoms with Crippen LogP contribution in [0.5, 0.6) is 5.88 Å². The molecule has 1 aromatic carbocycles. The smallest absolute Gasteiger partial charge is 0.260 e. The van der Waals surface area contributed by atoms with E-state index in [0.717, 1.165) is 10.9 Å². The Bertz CT molecular complexity index is 881. The molecule has 2 aromatic rings. The van der Waals surface area contributed by atoms with Gasteiger partial charge in [0.15, 0.2) is 6.61 Å². The van der Waals surface area contributed by atoms with E-state index < -0.39 is 6.04 Å². The van der Waals surface area contributed by atoms with Gasteiger partial charge in [0.1, 0.15) is 12.4 Å². The Labute approximate surface area is 148 Å². The molecule has 9 nitrogen and oxygen atoms in total. The second-order valence-electron chi connectivity index (χ2n) is 6.15. The molecule has 2 fully saturated rings. The zero-order chi connectivity index (χ0) is 18.1. The Hall–Kier alpha value is -3.23. The molecule has 0 radical (unpaired) electrons. The predicted molar refractivity (Wildman–Crippen MR) is 90.1 cm³/mol.